The van der Waals surface area contributed by atoms with Crippen molar-refractivity contribution < 1.29 is 19.8 Å². The third-order valence-corrected chi connectivity index (χ3v) is 4.87. The first-order chi connectivity index (χ1) is 13.6. The highest BCUT2D eigenvalue weighted by molar-refractivity contribution is 7.98. The van der Waals surface area contributed by atoms with Crippen LogP contribution in [-0.2, 0) is 10.2 Å². The molecule has 0 unspecified atom stereocenters. The van der Waals surface area contributed by atoms with Gasteiger partial charge in [-0.25, -0.2) is 0 Å². The molecule has 1 amide bonds. The van der Waals surface area contributed by atoms with E-state index in [0.29, 0.717) is 17.9 Å². The predicted molar refractivity (Wildman–Crippen MR) is 123 cm³/mol. The zero-order chi connectivity index (χ0) is 22.3. The molecule has 0 atom stereocenters. The molecule has 1 rings (SSSR count). The fourth-order valence-corrected chi connectivity index (χ4v) is 3.03. The SMILES string of the molecule is CCCCCCCCCC(=O)O.CSCNC(=O)c1ccc(O)c(C(C)(C)C)c1. The number of nitrogens with one attached hydrogen (secondary N) is 1. The third kappa shape index (κ3) is 13.2. The normalized spacial score (nSPS) is 10.8. The number of unbranched alkanes of at least 4 members (excludes halogenated alkanes) is 6. The number of rotatable bonds is 11. The molecule has 0 aliphatic heterocycles. The second-order valence-electron chi connectivity index (χ2n) is 8.19. The van der Waals surface area contributed by atoms with Crippen molar-refractivity contribution in [3.8, 4) is 5.75 Å². The molecule has 0 heterocycles. The van der Waals surface area contributed by atoms with E-state index in [1.165, 1.54) is 32.1 Å². The van der Waals surface area contributed by atoms with E-state index < -0.39 is 5.97 Å². The van der Waals surface area contributed by atoms with Crippen LogP contribution in [0.25, 0.3) is 0 Å². The van der Waals surface area contributed by atoms with E-state index in [1.807, 2.05) is 27.0 Å². The molecular weight excluding hydrogens is 386 g/mol. The quantitative estimate of drug-likeness (QED) is 0.301. The first-order valence-electron chi connectivity index (χ1n) is 10.5. The van der Waals surface area contributed by atoms with E-state index in [1.54, 1.807) is 30.0 Å². The van der Waals surface area contributed by atoms with Gasteiger partial charge in [-0.1, -0.05) is 66.2 Å². The van der Waals surface area contributed by atoms with Gasteiger partial charge in [-0.2, -0.15) is 0 Å². The summed E-state index contributed by atoms with van der Waals surface area (Å²) in [6.07, 6.45) is 10.6. The number of aliphatic carboxylic acids is 1. The molecule has 3 N–H and O–H groups in total. The van der Waals surface area contributed by atoms with Crippen molar-refractivity contribution in [2.75, 3.05) is 12.1 Å². The molecule has 166 valence electrons. The van der Waals surface area contributed by atoms with Crippen molar-refractivity contribution in [1.82, 2.24) is 5.32 Å². The lowest BCUT2D eigenvalue weighted by Crippen LogP contribution is -2.23. The lowest BCUT2D eigenvalue weighted by molar-refractivity contribution is -0.137. The summed E-state index contributed by atoms with van der Waals surface area (Å²) in [5, 5.41) is 20.9. The summed E-state index contributed by atoms with van der Waals surface area (Å²) in [7, 11) is 0. The number of benzene rings is 1. The summed E-state index contributed by atoms with van der Waals surface area (Å²) in [5.74, 6) is 0.0530. The van der Waals surface area contributed by atoms with Gasteiger partial charge >= 0.3 is 5.97 Å². The van der Waals surface area contributed by atoms with Crippen LogP contribution in [0, 0.1) is 0 Å². The Morgan fingerprint density at radius 2 is 1.62 bits per heavy atom. The fourth-order valence-electron chi connectivity index (χ4n) is 2.75. The molecule has 0 radical (unpaired) electrons. The Hall–Kier alpha value is -1.69. The zero-order valence-corrected chi connectivity index (χ0v) is 19.5. The number of phenols is 1. The monoisotopic (exact) mass is 425 g/mol. The van der Waals surface area contributed by atoms with Gasteiger partial charge in [0, 0.05) is 17.5 Å². The average Bonchev–Trinajstić information content (AvgIpc) is 2.65. The summed E-state index contributed by atoms with van der Waals surface area (Å²) in [6.45, 7) is 8.22. The molecule has 0 saturated carbocycles. The van der Waals surface area contributed by atoms with Crippen molar-refractivity contribution in [1.29, 1.82) is 0 Å². The van der Waals surface area contributed by atoms with Crippen molar-refractivity contribution in [3.63, 3.8) is 0 Å². The number of hydrogen-bond acceptors (Lipinski definition) is 4. The van der Waals surface area contributed by atoms with Gasteiger partial charge in [0.15, 0.2) is 0 Å². The van der Waals surface area contributed by atoms with Gasteiger partial charge in [0.2, 0.25) is 0 Å². The first-order valence-corrected chi connectivity index (χ1v) is 11.8. The zero-order valence-electron chi connectivity index (χ0n) is 18.7. The largest absolute Gasteiger partial charge is 0.508 e. The molecule has 0 saturated heterocycles. The Bertz CT molecular complexity index is 611. The van der Waals surface area contributed by atoms with Gasteiger partial charge in [0.1, 0.15) is 5.75 Å². The van der Waals surface area contributed by atoms with Crippen molar-refractivity contribution >= 4 is 23.6 Å². The van der Waals surface area contributed by atoms with Crippen LogP contribution in [-0.4, -0.2) is 34.2 Å². The van der Waals surface area contributed by atoms with Crippen molar-refractivity contribution in [2.45, 2.75) is 84.5 Å². The number of aromatic hydroxyl groups is 1. The fraction of sp³-hybridized carbons (Fsp3) is 0.652. The first kappa shape index (κ1) is 27.3. The minimum atomic E-state index is -0.663. The standard InChI is InChI=1S/C13H19NO2S.C10H20O2/c1-13(2,3)10-7-9(5-6-11(10)15)12(16)14-8-17-4;1-2-3-4-5-6-7-8-9-10(11)12/h5-7,15H,8H2,1-4H3,(H,14,16);2-9H2,1H3,(H,11,12). The van der Waals surface area contributed by atoms with Gasteiger partial charge in [-0.3, -0.25) is 9.59 Å². The second-order valence-corrected chi connectivity index (χ2v) is 9.05. The number of carbonyl (C=O) groups is 2. The third-order valence-electron chi connectivity index (χ3n) is 4.44. The van der Waals surface area contributed by atoms with Gasteiger partial charge in [0.05, 0.1) is 5.88 Å². The number of amides is 1. The van der Waals surface area contributed by atoms with Crippen molar-refractivity contribution in [2.24, 2.45) is 0 Å². The lowest BCUT2D eigenvalue weighted by Gasteiger charge is -2.21. The van der Waals surface area contributed by atoms with E-state index in [9.17, 15) is 14.7 Å². The Morgan fingerprint density at radius 3 is 2.14 bits per heavy atom. The molecule has 0 aliphatic rings. The molecule has 6 heteroatoms. The summed E-state index contributed by atoms with van der Waals surface area (Å²) in [6, 6.07) is 4.97. The Morgan fingerprint density at radius 1 is 1.03 bits per heavy atom. The van der Waals surface area contributed by atoms with Crippen molar-refractivity contribution in [3.05, 3.63) is 29.3 Å². The van der Waals surface area contributed by atoms with Crippen LogP contribution in [0.1, 0.15) is 95.0 Å². The number of phenolic OH excluding ortho intramolecular Hbond substituents is 1. The van der Waals surface area contributed by atoms with Crippen LogP contribution in [0.15, 0.2) is 18.2 Å². The Balaban J connectivity index is 0.000000578. The van der Waals surface area contributed by atoms with E-state index in [0.717, 1.165) is 18.4 Å². The van der Waals surface area contributed by atoms with Gasteiger partial charge in [-0.15, -0.1) is 11.8 Å². The second kappa shape index (κ2) is 15.2. The lowest BCUT2D eigenvalue weighted by atomic mass is 9.85. The molecule has 0 fully saturated rings. The molecule has 1 aromatic rings. The number of carbonyl (C=O) groups excluding carboxylic acids is 1. The average molecular weight is 426 g/mol. The topological polar surface area (TPSA) is 86.6 Å². The minimum absolute atomic E-state index is 0.107. The summed E-state index contributed by atoms with van der Waals surface area (Å²) < 4.78 is 0. The van der Waals surface area contributed by atoms with Crippen LogP contribution in [0.5, 0.6) is 5.75 Å². The van der Waals surface area contributed by atoms with E-state index in [-0.39, 0.29) is 17.1 Å². The molecule has 5 nitrogen and oxygen atoms in total. The summed E-state index contributed by atoms with van der Waals surface area (Å²) >= 11 is 1.56. The summed E-state index contributed by atoms with van der Waals surface area (Å²) in [4.78, 5) is 21.9. The highest BCUT2D eigenvalue weighted by atomic mass is 32.2. The predicted octanol–water partition coefficient (Wildman–Crippen LogP) is 5.95. The minimum Gasteiger partial charge on any atom is -0.508 e. The van der Waals surface area contributed by atoms with Gasteiger partial charge in [0.25, 0.3) is 5.91 Å². The van der Waals surface area contributed by atoms with Crippen LogP contribution in [0.4, 0.5) is 0 Å². The van der Waals surface area contributed by atoms with Gasteiger partial charge < -0.3 is 15.5 Å². The Kier molecular flexibility index (Phi) is 14.3. The van der Waals surface area contributed by atoms with Gasteiger partial charge in [-0.05, 0) is 36.3 Å². The van der Waals surface area contributed by atoms with Crippen LogP contribution < -0.4 is 5.32 Å². The van der Waals surface area contributed by atoms with Crippen LogP contribution in [0.2, 0.25) is 0 Å². The highest BCUT2D eigenvalue weighted by Crippen LogP contribution is 2.31. The Labute approximate surface area is 180 Å². The number of thioether (sulfide) groups is 1. The van der Waals surface area contributed by atoms with Crippen LogP contribution >= 0.6 is 11.8 Å². The number of carboxylic acids is 1. The maximum atomic E-state index is 11.8. The maximum Gasteiger partial charge on any atom is 0.303 e. The van der Waals surface area contributed by atoms with E-state index in [4.69, 9.17) is 5.11 Å². The molecule has 0 spiro atoms. The van der Waals surface area contributed by atoms with E-state index in [2.05, 4.69) is 12.2 Å². The molecule has 0 aromatic heterocycles. The molecule has 0 aliphatic carbocycles. The maximum absolute atomic E-state index is 11.8. The number of carboxylic acid groups (broad SMARTS) is 1. The molecule has 29 heavy (non-hydrogen) atoms. The molecule has 0 bridgehead atoms. The number of hydrogen-bond donors (Lipinski definition) is 3. The van der Waals surface area contributed by atoms with E-state index >= 15 is 0 Å². The molecule has 1 aromatic carbocycles. The highest BCUT2D eigenvalue weighted by Gasteiger charge is 2.19. The smallest absolute Gasteiger partial charge is 0.303 e. The summed E-state index contributed by atoms with van der Waals surface area (Å²) in [5.41, 5.74) is 1.19. The molecular formula is C23H39NO4S. The van der Waals surface area contributed by atoms with Crippen LogP contribution in [0.3, 0.4) is 0 Å².